The molecule has 33 heavy (non-hydrogen) atoms. The number of methoxy groups -OCH3 is 1. The van der Waals surface area contributed by atoms with E-state index in [0.29, 0.717) is 32.3 Å². The second-order valence-corrected chi connectivity index (χ2v) is 9.80. The Morgan fingerprint density at radius 2 is 2.09 bits per heavy atom. The molecule has 1 heterocycles. The topological polar surface area (TPSA) is 97.3 Å². The second kappa shape index (κ2) is 12.0. The third-order valence-corrected chi connectivity index (χ3v) is 6.61. The first-order chi connectivity index (χ1) is 15.8. The highest BCUT2D eigenvalue weighted by Gasteiger charge is 2.17. The molecule has 0 spiro atoms. The zero-order valence-electron chi connectivity index (χ0n) is 17.7. The van der Waals surface area contributed by atoms with Crippen LogP contribution in [0.5, 0.6) is 11.5 Å². The normalized spacial score (nSPS) is 11.5. The number of benzene rings is 2. The minimum absolute atomic E-state index is 0.0801. The Bertz CT molecular complexity index is 1190. The highest BCUT2D eigenvalue weighted by Crippen LogP contribution is 2.37. The molecule has 0 saturated heterocycles. The Labute approximate surface area is 219 Å². The van der Waals surface area contributed by atoms with Gasteiger partial charge in [-0.25, -0.2) is 9.78 Å². The lowest BCUT2D eigenvalue weighted by molar-refractivity contribution is -0.131. The summed E-state index contributed by atoms with van der Waals surface area (Å²) in [4.78, 5) is 16.2. The minimum atomic E-state index is -1.08. The van der Waals surface area contributed by atoms with E-state index >= 15 is 0 Å². The average Bonchev–Trinajstić information content (AvgIpc) is 3.20. The van der Waals surface area contributed by atoms with E-state index in [2.05, 4.69) is 37.8 Å². The third kappa shape index (κ3) is 7.02. The predicted molar refractivity (Wildman–Crippen MR) is 138 cm³/mol. The number of nitrogens with zero attached hydrogens (tertiary/aromatic N) is 2. The monoisotopic (exact) mass is 619 g/mol. The van der Waals surface area contributed by atoms with E-state index in [4.69, 9.17) is 32.7 Å². The van der Waals surface area contributed by atoms with Gasteiger partial charge in [0, 0.05) is 22.0 Å². The van der Waals surface area contributed by atoms with Crippen LogP contribution in [0.3, 0.4) is 0 Å². The lowest BCUT2D eigenvalue weighted by Gasteiger charge is -2.14. The number of ether oxygens (including phenoxy) is 2. The molecule has 0 fully saturated rings. The largest absolute Gasteiger partial charge is 0.493 e. The first-order valence-electron chi connectivity index (χ1n) is 9.79. The van der Waals surface area contributed by atoms with Crippen molar-refractivity contribution in [3.8, 4) is 11.5 Å². The van der Waals surface area contributed by atoms with Crippen molar-refractivity contribution in [3.05, 3.63) is 65.8 Å². The molecule has 0 aliphatic heterocycles. The van der Waals surface area contributed by atoms with E-state index in [1.807, 2.05) is 13.0 Å². The molecule has 0 amide bonds. The zero-order valence-corrected chi connectivity index (χ0v) is 22.2. The maximum absolute atomic E-state index is 11.8. The highest BCUT2D eigenvalue weighted by atomic mass is 127. The predicted octanol–water partition coefficient (Wildman–Crippen LogP) is 6.47. The Hall–Kier alpha value is -1.95. The number of aryl methyl sites for hydroxylation is 1. The number of H-pyrrole nitrogens is 1. The number of hydrogen-bond acceptors (Lipinski definition) is 6. The van der Waals surface area contributed by atoms with Gasteiger partial charge in [0.05, 0.1) is 10.7 Å². The number of aromatic amines is 1. The molecule has 11 heteroatoms. The molecule has 0 radical (unpaired) electrons. The van der Waals surface area contributed by atoms with Crippen molar-refractivity contribution in [3.63, 3.8) is 0 Å². The Morgan fingerprint density at radius 3 is 2.76 bits per heavy atom. The van der Waals surface area contributed by atoms with Crippen molar-refractivity contribution in [1.29, 1.82) is 0 Å². The van der Waals surface area contributed by atoms with Crippen LogP contribution >= 0.6 is 57.6 Å². The summed E-state index contributed by atoms with van der Waals surface area (Å²) in [7, 11) is 1.52. The van der Waals surface area contributed by atoms with Gasteiger partial charge in [-0.15, -0.1) is 5.10 Å². The van der Waals surface area contributed by atoms with Gasteiger partial charge < -0.3 is 14.6 Å². The molecule has 1 aromatic heterocycles. The number of aliphatic carboxylic acids is 1. The number of rotatable bonds is 10. The molecule has 174 valence electrons. The Balaban J connectivity index is 1.83. The van der Waals surface area contributed by atoms with Crippen LogP contribution in [0.1, 0.15) is 30.3 Å². The molecule has 0 atom stereocenters. The van der Waals surface area contributed by atoms with Crippen molar-refractivity contribution in [2.24, 2.45) is 0 Å². The first-order valence-corrected chi connectivity index (χ1v) is 12.4. The van der Waals surface area contributed by atoms with Crippen molar-refractivity contribution >= 4 is 69.6 Å². The summed E-state index contributed by atoms with van der Waals surface area (Å²) in [5.74, 6) is 0.650. The summed E-state index contributed by atoms with van der Waals surface area (Å²) < 4.78 is 12.2. The van der Waals surface area contributed by atoms with E-state index in [-0.39, 0.29) is 11.5 Å². The maximum Gasteiger partial charge on any atom is 0.342 e. The van der Waals surface area contributed by atoms with Crippen LogP contribution in [0.25, 0.3) is 6.08 Å². The summed E-state index contributed by atoms with van der Waals surface area (Å²) in [5, 5.41) is 18.0. The summed E-state index contributed by atoms with van der Waals surface area (Å²) >= 11 is 15.3. The van der Waals surface area contributed by atoms with Crippen LogP contribution in [-0.4, -0.2) is 33.4 Å². The van der Waals surface area contributed by atoms with Crippen molar-refractivity contribution in [2.75, 3.05) is 7.11 Å². The van der Waals surface area contributed by atoms with Gasteiger partial charge in [-0.1, -0.05) is 36.2 Å². The molecule has 0 saturated carbocycles. The van der Waals surface area contributed by atoms with E-state index in [1.165, 1.54) is 7.11 Å². The van der Waals surface area contributed by atoms with Crippen LogP contribution in [0.2, 0.25) is 10.0 Å². The van der Waals surface area contributed by atoms with Crippen molar-refractivity contribution in [1.82, 2.24) is 15.2 Å². The molecular formula is C22H20Cl2IN3O4S. The summed E-state index contributed by atoms with van der Waals surface area (Å²) in [5.41, 5.74) is 1.42. The highest BCUT2D eigenvalue weighted by molar-refractivity contribution is 14.1. The van der Waals surface area contributed by atoms with E-state index in [0.717, 1.165) is 39.6 Å². The molecular weight excluding hydrogens is 600 g/mol. The number of thioether (sulfide) groups is 1. The third-order valence-electron chi connectivity index (χ3n) is 4.35. The number of nitrogens with one attached hydrogen (secondary N) is 1. The van der Waals surface area contributed by atoms with Crippen LogP contribution in [-0.2, 0) is 17.8 Å². The van der Waals surface area contributed by atoms with Gasteiger partial charge in [0.1, 0.15) is 17.3 Å². The number of carbonyl (C=O) groups is 1. The standard InChI is InChI=1S/C22H20Cl2IN3O4S/c1-3-4-19-26-22(28-27-19)33-18(21(29)30)9-12-7-16(25)20(17(8-12)31-2)32-11-13-5-6-14(23)10-15(13)24/h5-10H,3-4,11H2,1-2H3,(H,29,30)(H,26,27,28)/b18-9-. The van der Waals surface area contributed by atoms with Crippen LogP contribution in [0, 0.1) is 3.57 Å². The fourth-order valence-electron chi connectivity index (χ4n) is 2.81. The van der Waals surface area contributed by atoms with Crippen LogP contribution in [0.4, 0.5) is 0 Å². The number of carboxylic acids is 1. The summed E-state index contributed by atoms with van der Waals surface area (Å²) in [6, 6.07) is 8.72. The SMILES string of the molecule is CCCc1nc(S/C(=C\c2cc(I)c(OCc3ccc(Cl)cc3Cl)c(OC)c2)C(=O)O)n[nH]1. The molecule has 3 aromatic rings. The Morgan fingerprint density at radius 1 is 1.30 bits per heavy atom. The molecule has 2 aromatic carbocycles. The molecule has 7 nitrogen and oxygen atoms in total. The van der Waals surface area contributed by atoms with Crippen molar-refractivity contribution < 1.29 is 19.4 Å². The Kier molecular flexibility index (Phi) is 9.30. The molecule has 0 aliphatic carbocycles. The average molecular weight is 620 g/mol. The lowest BCUT2D eigenvalue weighted by Crippen LogP contribution is -2.01. The molecule has 0 bridgehead atoms. The number of halogens is 3. The van der Waals surface area contributed by atoms with Crippen LogP contribution in [0.15, 0.2) is 40.4 Å². The van der Waals surface area contributed by atoms with Gasteiger partial charge in [0.25, 0.3) is 0 Å². The quantitative estimate of drug-likeness (QED) is 0.152. The zero-order chi connectivity index (χ0) is 24.0. The number of carboxylic acid groups (broad SMARTS) is 1. The van der Waals surface area contributed by atoms with Gasteiger partial charge in [-0.3, -0.25) is 5.10 Å². The van der Waals surface area contributed by atoms with Gasteiger partial charge in [-0.2, -0.15) is 0 Å². The number of hydrogen-bond donors (Lipinski definition) is 2. The first kappa shape index (κ1) is 25.7. The summed E-state index contributed by atoms with van der Waals surface area (Å²) in [6.07, 6.45) is 3.21. The van der Waals surface area contributed by atoms with E-state index < -0.39 is 5.97 Å². The van der Waals surface area contributed by atoms with Gasteiger partial charge >= 0.3 is 5.97 Å². The van der Waals surface area contributed by atoms with E-state index in [1.54, 1.807) is 30.3 Å². The van der Waals surface area contributed by atoms with Gasteiger partial charge in [0.2, 0.25) is 5.16 Å². The molecule has 0 unspecified atom stereocenters. The maximum atomic E-state index is 11.8. The van der Waals surface area contributed by atoms with Crippen molar-refractivity contribution in [2.45, 2.75) is 31.5 Å². The van der Waals surface area contributed by atoms with Crippen LogP contribution < -0.4 is 9.47 Å². The molecule has 2 N–H and O–H groups in total. The van der Waals surface area contributed by atoms with E-state index in [9.17, 15) is 9.90 Å². The molecule has 0 aliphatic rings. The molecule has 3 rings (SSSR count). The smallest absolute Gasteiger partial charge is 0.342 e. The lowest BCUT2D eigenvalue weighted by atomic mass is 10.2. The summed E-state index contributed by atoms with van der Waals surface area (Å²) in [6.45, 7) is 2.25. The van der Waals surface area contributed by atoms with Gasteiger partial charge in [0.15, 0.2) is 11.5 Å². The fraction of sp³-hybridized carbons (Fsp3) is 0.227. The van der Waals surface area contributed by atoms with Gasteiger partial charge in [-0.05, 0) is 76.7 Å². The minimum Gasteiger partial charge on any atom is -0.493 e. The fourth-order valence-corrected chi connectivity index (χ4v) is 4.78. The second-order valence-electron chi connectivity index (χ2n) is 6.79. The number of aromatic nitrogens is 3.